The van der Waals surface area contributed by atoms with E-state index in [0.29, 0.717) is 17.8 Å². The van der Waals surface area contributed by atoms with Gasteiger partial charge < -0.3 is 16.0 Å². The zero-order valence-corrected chi connectivity index (χ0v) is 9.26. The molecule has 4 nitrogen and oxygen atoms in total. The molecule has 0 aromatic heterocycles. The molecule has 1 aromatic carbocycles. The smallest absolute Gasteiger partial charge is 0.0550 e. The van der Waals surface area contributed by atoms with Crippen molar-refractivity contribution in [2.24, 2.45) is 0 Å². The monoisotopic (exact) mass is 227 g/mol. The molecule has 1 rings (SSSR count). The molecule has 0 saturated carbocycles. The van der Waals surface area contributed by atoms with Gasteiger partial charge in [-0.2, -0.15) is 0 Å². The standard InChI is InChI=1S/C10H16N2O2S/c11-9-5-4-8(7-10(9)12)3-1-2-6-15(13)14/h4-5,7H,1-3,6,11-12H2,(H,13,14)/p-1. The van der Waals surface area contributed by atoms with Gasteiger partial charge in [-0.1, -0.05) is 17.1 Å². The Labute approximate surface area is 91.9 Å². The van der Waals surface area contributed by atoms with Gasteiger partial charge in [0.1, 0.15) is 0 Å². The van der Waals surface area contributed by atoms with E-state index in [0.717, 1.165) is 18.4 Å². The molecule has 1 aromatic rings. The maximum atomic E-state index is 10.3. The maximum Gasteiger partial charge on any atom is 0.0550 e. The molecular formula is C10H15N2O2S-. The summed E-state index contributed by atoms with van der Waals surface area (Å²) >= 11 is -1.93. The second kappa shape index (κ2) is 5.72. The molecule has 0 radical (unpaired) electrons. The Morgan fingerprint density at radius 1 is 1.20 bits per heavy atom. The number of hydrogen-bond donors (Lipinski definition) is 2. The molecule has 15 heavy (non-hydrogen) atoms. The minimum Gasteiger partial charge on any atom is -0.772 e. The number of nitrogens with two attached hydrogens (primary N) is 2. The first-order valence-electron chi connectivity index (χ1n) is 4.79. The number of nitrogen functional groups attached to an aromatic ring is 2. The van der Waals surface area contributed by atoms with E-state index < -0.39 is 11.1 Å². The molecular weight excluding hydrogens is 212 g/mol. The zero-order chi connectivity index (χ0) is 11.3. The molecule has 1 unspecified atom stereocenters. The van der Waals surface area contributed by atoms with Crippen LogP contribution >= 0.6 is 0 Å². The van der Waals surface area contributed by atoms with Gasteiger partial charge in [0.15, 0.2) is 0 Å². The number of aryl methyl sites for hydroxylation is 1. The van der Waals surface area contributed by atoms with Gasteiger partial charge in [0.25, 0.3) is 0 Å². The second-order valence-corrected chi connectivity index (χ2v) is 4.44. The van der Waals surface area contributed by atoms with Crippen molar-refractivity contribution in [1.29, 1.82) is 0 Å². The quantitative estimate of drug-likeness (QED) is 0.447. The molecule has 1 atom stereocenters. The van der Waals surface area contributed by atoms with Crippen LogP contribution in [0, 0.1) is 0 Å². The van der Waals surface area contributed by atoms with E-state index in [-0.39, 0.29) is 5.75 Å². The van der Waals surface area contributed by atoms with Crippen molar-refractivity contribution in [1.82, 2.24) is 0 Å². The zero-order valence-electron chi connectivity index (χ0n) is 8.44. The molecule has 84 valence electrons. The van der Waals surface area contributed by atoms with Crippen LogP contribution in [0.5, 0.6) is 0 Å². The van der Waals surface area contributed by atoms with Crippen LogP contribution in [0.3, 0.4) is 0 Å². The molecule has 0 aliphatic carbocycles. The Balaban J connectivity index is 2.38. The van der Waals surface area contributed by atoms with E-state index in [1.54, 1.807) is 6.07 Å². The van der Waals surface area contributed by atoms with Crippen LogP contribution in [0.25, 0.3) is 0 Å². The minimum atomic E-state index is -1.93. The Bertz CT molecular complexity index is 355. The summed E-state index contributed by atoms with van der Waals surface area (Å²) in [7, 11) is 0. The summed E-state index contributed by atoms with van der Waals surface area (Å²) in [6, 6.07) is 5.53. The molecule has 0 amide bonds. The van der Waals surface area contributed by atoms with Gasteiger partial charge in [-0.25, -0.2) is 0 Å². The summed E-state index contributed by atoms with van der Waals surface area (Å²) in [5.41, 5.74) is 13.5. The van der Waals surface area contributed by atoms with Gasteiger partial charge in [0.05, 0.1) is 11.4 Å². The topological polar surface area (TPSA) is 92.2 Å². The molecule has 0 fully saturated rings. The van der Waals surface area contributed by atoms with E-state index in [1.807, 2.05) is 12.1 Å². The van der Waals surface area contributed by atoms with Crippen LogP contribution in [0.15, 0.2) is 18.2 Å². The van der Waals surface area contributed by atoms with Crippen molar-refractivity contribution in [3.05, 3.63) is 23.8 Å². The van der Waals surface area contributed by atoms with E-state index >= 15 is 0 Å². The Morgan fingerprint density at radius 3 is 2.53 bits per heavy atom. The van der Waals surface area contributed by atoms with Crippen molar-refractivity contribution in [3.8, 4) is 0 Å². The molecule has 0 aliphatic heterocycles. The van der Waals surface area contributed by atoms with Gasteiger partial charge in [-0.3, -0.25) is 4.21 Å². The van der Waals surface area contributed by atoms with Gasteiger partial charge in [-0.15, -0.1) is 0 Å². The van der Waals surface area contributed by atoms with Crippen LogP contribution in [-0.4, -0.2) is 14.5 Å². The highest BCUT2D eigenvalue weighted by Crippen LogP contribution is 2.17. The first-order valence-corrected chi connectivity index (χ1v) is 6.03. The Morgan fingerprint density at radius 2 is 1.93 bits per heavy atom. The van der Waals surface area contributed by atoms with Crippen LogP contribution in [-0.2, 0) is 17.5 Å². The van der Waals surface area contributed by atoms with Gasteiger partial charge in [0, 0.05) is 5.75 Å². The van der Waals surface area contributed by atoms with E-state index in [9.17, 15) is 8.76 Å². The maximum absolute atomic E-state index is 10.3. The predicted octanol–water partition coefficient (Wildman–Crippen LogP) is 1.05. The van der Waals surface area contributed by atoms with E-state index in [1.165, 1.54) is 0 Å². The Hall–Kier alpha value is -1.07. The number of unbranched alkanes of at least 4 members (excludes halogenated alkanes) is 1. The molecule has 0 saturated heterocycles. The third kappa shape index (κ3) is 4.31. The molecule has 0 bridgehead atoms. The van der Waals surface area contributed by atoms with Crippen molar-refractivity contribution in [2.45, 2.75) is 19.3 Å². The fourth-order valence-electron chi connectivity index (χ4n) is 1.33. The number of hydrogen-bond acceptors (Lipinski definition) is 4. The normalized spacial score (nSPS) is 12.6. The van der Waals surface area contributed by atoms with Crippen molar-refractivity contribution >= 4 is 22.5 Å². The summed E-state index contributed by atoms with van der Waals surface area (Å²) < 4.78 is 20.5. The van der Waals surface area contributed by atoms with Crippen LogP contribution in [0.4, 0.5) is 11.4 Å². The Kier molecular flexibility index (Phi) is 4.58. The molecule has 4 N–H and O–H groups in total. The first kappa shape index (κ1) is 12.0. The lowest BCUT2D eigenvalue weighted by Crippen LogP contribution is -1.98. The summed E-state index contributed by atoms with van der Waals surface area (Å²) in [5, 5.41) is 0. The third-order valence-corrected chi connectivity index (χ3v) is 2.80. The lowest BCUT2D eigenvalue weighted by atomic mass is 10.1. The SMILES string of the molecule is Nc1ccc(CCCCS(=O)[O-])cc1N. The largest absolute Gasteiger partial charge is 0.772 e. The van der Waals surface area contributed by atoms with Gasteiger partial charge >= 0.3 is 0 Å². The van der Waals surface area contributed by atoms with Crippen molar-refractivity contribution in [3.63, 3.8) is 0 Å². The summed E-state index contributed by atoms with van der Waals surface area (Å²) in [6.45, 7) is 0. The van der Waals surface area contributed by atoms with E-state index in [4.69, 9.17) is 11.5 Å². The number of anilines is 2. The van der Waals surface area contributed by atoms with Crippen molar-refractivity contribution < 1.29 is 8.76 Å². The molecule has 0 aliphatic rings. The summed E-state index contributed by atoms with van der Waals surface area (Å²) in [6.07, 6.45) is 2.36. The van der Waals surface area contributed by atoms with Crippen LogP contribution in [0.1, 0.15) is 18.4 Å². The second-order valence-electron chi connectivity index (χ2n) is 3.43. The van der Waals surface area contributed by atoms with Crippen LogP contribution < -0.4 is 11.5 Å². The summed E-state index contributed by atoms with van der Waals surface area (Å²) in [4.78, 5) is 0. The van der Waals surface area contributed by atoms with Crippen molar-refractivity contribution in [2.75, 3.05) is 17.2 Å². The fourth-order valence-corrected chi connectivity index (χ4v) is 1.77. The summed E-state index contributed by atoms with van der Waals surface area (Å²) in [5.74, 6) is 0.227. The highest BCUT2D eigenvalue weighted by atomic mass is 32.2. The lowest BCUT2D eigenvalue weighted by Gasteiger charge is -2.06. The highest BCUT2D eigenvalue weighted by molar-refractivity contribution is 7.79. The molecule has 5 heteroatoms. The molecule has 0 spiro atoms. The molecule has 0 heterocycles. The lowest BCUT2D eigenvalue weighted by molar-refractivity contribution is 0.533. The first-order chi connectivity index (χ1) is 7.09. The number of rotatable bonds is 5. The predicted molar refractivity (Wildman–Crippen MR) is 62.0 cm³/mol. The van der Waals surface area contributed by atoms with E-state index in [2.05, 4.69) is 0 Å². The van der Waals surface area contributed by atoms with Gasteiger partial charge in [-0.05, 0) is 37.0 Å². The van der Waals surface area contributed by atoms with Gasteiger partial charge in [0.2, 0.25) is 0 Å². The van der Waals surface area contributed by atoms with Crippen LogP contribution in [0.2, 0.25) is 0 Å². The average Bonchev–Trinajstić information content (AvgIpc) is 2.18. The minimum absolute atomic E-state index is 0.227. The highest BCUT2D eigenvalue weighted by Gasteiger charge is 1.97. The number of benzene rings is 1. The fraction of sp³-hybridized carbons (Fsp3) is 0.400. The third-order valence-electron chi connectivity index (χ3n) is 2.18. The average molecular weight is 227 g/mol.